The van der Waals surface area contributed by atoms with Gasteiger partial charge < -0.3 is 5.11 Å². The van der Waals surface area contributed by atoms with Crippen LogP contribution in [0.4, 0.5) is 8.78 Å². The predicted octanol–water partition coefficient (Wildman–Crippen LogP) is 1.18. The maximum absolute atomic E-state index is 13.8. The van der Waals surface area contributed by atoms with Gasteiger partial charge in [0, 0.05) is 32.2 Å². The molecule has 2 aliphatic heterocycles. The van der Waals surface area contributed by atoms with Gasteiger partial charge in [-0.05, 0) is 31.4 Å². The van der Waals surface area contributed by atoms with Crippen LogP contribution in [0.2, 0.25) is 0 Å². The van der Waals surface area contributed by atoms with Gasteiger partial charge >= 0.3 is 0 Å². The summed E-state index contributed by atoms with van der Waals surface area (Å²) >= 11 is 0. The molecule has 0 bridgehead atoms. The summed E-state index contributed by atoms with van der Waals surface area (Å²) in [5, 5.41) is 9.59. The SMILES string of the molecule is O=S(=O)(c1c(F)cccc1F)N1CCC(N2CCC(O)C2)CC1. The van der Waals surface area contributed by atoms with E-state index in [1.807, 2.05) is 0 Å². The van der Waals surface area contributed by atoms with Gasteiger partial charge in [0.1, 0.15) is 11.6 Å². The zero-order valence-corrected chi connectivity index (χ0v) is 13.5. The first kappa shape index (κ1) is 16.8. The highest BCUT2D eigenvalue weighted by Crippen LogP contribution is 2.27. The number of nitrogens with zero attached hydrogens (tertiary/aromatic N) is 2. The predicted molar refractivity (Wildman–Crippen MR) is 80.3 cm³/mol. The van der Waals surface area contributed by atoms with Crippen LogP contribution >= 0.6 is 0 Å². The third-order valence-corrected chi connectivity index (χ3v) is 6.60. The summed E-state index contributed by atoms with van der Waals surface area (Å²) in [6.07, 6.45) is 1.62. The molecule has 128 valence electrons. The quantitative estimate of drug-likeness (QED) is 0.893. The number of β-amino-alcohol motifs (C(OH)–C–C–N with tert-alkyl or cyclic N) is 1. The van der Waals surface area contributed by atoms with Crippen molar-refractivity contribution < 1.29 is 22.3 Å². The second-order valence-electron chi connectivity index (χ2n) is 6.12. The molecule has 0 amide bonds. The van der Waals surface area contributed by atoms with E-state index < -0.39 is 26.6 Å². The number of hydrogen-bond acceptors (Lipinski definition) is 4. The van der Waals surface area contributed by atoms with Gasteiger partial charge in [-0.15, -0.1) is 0 Å². The van der Waals surface area contributed by atoms with E-state index in [1.165, 1.54) is 0 Å². The van der Waals surface area contributed by atoms with Crippen molar-refractivity contribution in [1.82, 2.24) is 9.21 Å². The Kier molecular flexibility index (Phi) is 4.68. The van der Waals surface area contributed by atoms with Crippen molar-refractivity contribution in [3.63, 3.8) is 0 Å². The van der Waals surface area contributed by atoms with Crippen LogP contribution in [0.1, 0.15) is 19.3 Å². The molecular weight excluding hydrogens is 326 g/mol. The fourth-order valence-corrected chi connectivity index (χ4v) is 4.98. The number of sulfonamides is 1. The van der Waals surface area contributed by atoms with Crippen LogP contribution in [0, 0.1) is 11.6 Å². The number of rotatable bonds is 3. The number of halogens is 2. The van der Waals surface area contributed by atoms with Crippen molar-refractivity contribution in [2.75, 3.05) is 26.2 Å². The fourth-order valence-electron chi connectivity index (χ4n) is 3.41. The Hall–Kier alpha value is -1.09. The molecule has 0 spiro atoms. The molecule has 0 aromatic heterocycles. The lowest BCUT2D eigenvalue weighted by Gasteiger charge is -2.36. The molecule has 1 atom stereocenters. The van der Waals surface area contributed by atoms with Gasteiger partial charge in [-0.1, -0.05) is 6.07 Å². The van der Waals surface area contributed by atoms with Gasteiger partial charge in [0.15, 0.2) is 4.90 Å². The minimum atomic E-state index is -4.17. The van der Waals surface area contributed by atoms with Gasteiger partial charge in [0.05, 0.1) is 6.10 Å². The molecule has 5 nitrogen and oxygen atoms in total. The standard InChI is InChI=1S/C15H20F2N2O3S/c16-13-2-1-3-14(17)15(13)23(21,22)19-8-4-11(5-9-19)18-7-6-12(20)10-18/h1-3,11-12,20H,4-10H2. The summed E-state index contributed by atoms with van der Waals surface area (Å²) in [6.45, 7) is 1.88. The number of likely N-dealkylation sites (tertiary alicyclic amines) is 1. The molecule has 2 fully saturated rings. The van der Waals surface area contributed by atoms with Crippen LogP contribution < -0.4 is 0 Å². The molecule has 1 aromatic carbocycles. The van der Waals surface area contributed by atoms with Crippen LogP contribution in [0.3, 0.4) is 0 Å². The Morgan fingerprint density at radius 1 is 1.04 bits per heavy atom. The zero-order valence-electron chi connectivity index (χ0n) is 12.7. The van der Waals surface area contributed by atoms with E-state index in [9.17, 15) is 22.3 Å². The molecule has 1 unspecified atom stereocenters. The van der Waals surface area contributed by atoms with E-state index in [0.29, 0.717) is 19.4 Å². The summed E-state index contributed by atoms with van der Waals surface area (Å²) in [5.74, 6) is -2.12. The maximum Gasteiger partial charge on any atom is 0.248 e. The van der Waals surface area contributed by atoms with Crippen molar-refractivity contribution in [3.8, 4) is 0 Å². The van der Waals surface area contributed by atoms with Crippen molar-refractivity contribution in [1.29, 1.82) is 0 Å². The van der Waals surface area contributed by atoms with Crippen LogP contribution in [0.5, 0.6) is 0 Å². The van der Waals surface area contributed by atoms with Crippen LogP contribution in [-0.2, 0) is 10.0 Å². The first-order chi connectivity index (χ1) is 10.9. The molecule has 8 heteroatoms. The van der Waals surface area contributed by atoms with Gasteiger partial charge in [-0.2, -0.15) is 4.31 Å². The molecule has 2 heterocycles. The van der Waals surface area contributed by atoms with E-state index in [0.717, 1.165) is 35.5 Å². The lowest BCUT2D eigenvalue weighted by Crippen LogP contribution is -2.46. The van der Waals surface area contributed by atoms with Gasteiger partial charge in [-0.25, -0.2) is 17.2 Å². The lowest BCUT2D eigenvalue weighted by molar-refractivity contribution is 0.132. The fraction of sp³-hybridized carbons (Fsp3) is 0.600. The Labute approximate surface area is 134 Å². The summed E-state index contributed by atoms with van der Waals surface area (Å²) in [4.78, 5) is 1.30. The summed E-state index contributed by atoms with van der Waals surface area (Å²) in [7, 11) is -4.17. The van der Waals surface area contributed by atoms with E-state index in [4.69, 9.17) is 0 Å². The Morgan fingerprint density at radius 3 is 2.17 bits per heavy atom. The van der Waals surface area contributed by atoms with Crippen molar-refractivity contribution >= 4 is 10.0 Å². The molecule has 0 radical (unpaired) electrons. The van der Waals surface area contributed by atoms with Crippen LogP contribution in [0.15, 0.2) is 23.1 Å². The monoisotopic (exact) mass is 346 g/mol. The van der Waals surface area contributed by atoms with Crippen molar-refractivity contribution in [2.24, 2.45) is 0 Å². The maximum atomic E-state index is 13.8. The Bertz CT molecular complexity index is 655. The summed E-state index contributed by atoms with van der Waals surface area (Å²) in [6, 6.07) is 3.26. The third-order valence-electron chi connectivity index (χ3n) is 4.65. The topological polar surface area (TPSA) is 60.9 Å². The minimum Gasteiger partial charge on any atom is -0.392 e. The first-order valence-electron chi connectivity index (χ1n) is 7.76. The minimum absolute atomic E-state index is 0.212. The van der Waals surface area contributed by atoms with Crippen LogP contribution in [0.25, 0.3) is 0 Å². The number of benzene rings is 1. The highest BCUT2D eigenvalue weighted by Gasteiger charge is 2.36. The van der Waals surface area contributed by atoms with Gasteiger partial charge in [0.25, 0.3) is 0 Å². The van der Waals surface area contributed by atoms with E-state index >= 15 is 0 Å². The number of aliphatic hydroxyl groups excluding tert-OH is 1. The highest BCUT2D eigenvalue weighted by molar-refractivity contribution is 7.89. The summed E-state index contributed by atoms with van der Waals surface area (Å²) in [5.41, 5.74) is 0. The number of piperidine rings is 1. The molecule has 1 N–H and O–H groups in total. The first-order valence-corrected chi connectivity index (χ1v) is 9.20. The molecule has 2 aliphatic rings. The molecule has 0 saturated carbocycles. The normalized spacial score (nSPS) is 25.1. The van der Waals surface area contributed by atoms with Crippen molar-refractivity contribution in [2.45, 2.75) is 36.3 Å². The molecule has 3 rings (SSSR count). The average molecular weight is 346 g/mol. The average Bonchev–Trinajstić information content (AvgIpc) is 2.93. The second kappa shape index (κ2) is 6.43. The molecule has 1 aromatic rings. The van der Waals surface area contributed by atoms with E-state index in [-0.39, 0.29) is 25.2 Å². The van der Waals surface area contributed by atoms with E-state index in [2.05, 4.69) is 4.90 Å². The molecule has 0 aliphatic carbocycles. The van der Waals surface area contributed by atoms with E-state index in [1.54, 1.807) is 0 Å². The third kappa shape index (κ3) is 3.26. The Balaban J connectivity index is 1.72. The largest absolute Gasteiger partial charge is 0.392 e. The second-order valence-corrected chi connectivity index (χ2v) is 8.00. The zero-order chi connectivity index (χ0) is 16.6. The number of hydrogen-bond donors (Lipinski definition) is 1. The molecule has 2 saturated heterocycles. The van der Waals surface area contributed by atoms with Crippen molar-refractivity contribution in [3.05, 3.63) is 29.8 Å². The molecule has 23 heavy (non-hydrogen) atoms. The van der Waals surface area contributed by atoms with Gasteiger partial charge in [0.2, 0.25) is 10.0 Å². The highest BCUT2D eigenvalue weighted by atomic mass is 32.2. The smallest absolute Gasteiger partial charge is 0.248 e. The lowest BCUT2D eigenvalue weighted by atomic mass is 10.1. The molecular formula is C15H20F2N2O3S. The Morgan fingerprint density at radius 2 is 1.65 bits per heavy atom. The van der Waals surface area contributed by atoms with Crippen LogP contribution in [-0.4, -0.2) is 61.1 Å². The van der Waals surface area contributed by atoms with Gasteiger partial charge in [-0.3, -0.25) is 4.90 Å². The summed E-state index contributed by atoms with van der Waals surface area (Å²) < 4.78 is 53.7. The number of aliphatic hydroxyl groups is 1.